The van der Waals surface area contributed by atoms with Gasteiger partial charge in [-0.05, 0) is 12.8 Å². The lowest BCUT2D eigenvalue weighted by Gasteiger charge is -2.37. The van der Waals surface area contributed by atoms with Crippen LogP contribution in [0.15, 0.2) is 23.7 Å². The Bertz CT molecular complexity index is 476. The summed E-state index contributed by atoms with van der Waals surface area (Å²) in [7, 11) is 1.83. The van der Waals surface area contributed by atoms with E-state index in [1.165, 1.54) is 0 Å². The van der Waals surface area contributed by atoms with Gasteiger partial charge in [-0.3, -0.25) is 4.99 Å². The highest BCUT2D eigenvalue weighted by Crippen LogP contribution is 2.20. The average molecular weight is 435 g/mol. The van der Waals surface area contributed by atoms with Crippen LogP contribution in [0, 0.1) is 0 Å². The third kappa shape index (κ3) is 5.05. The van der Waals surface area contributed by atoms with Gasteiger partial charge in [0.05, 0.1) is 19.0 Å². The summed E-state index contributed by atoms with van der Waals surface area (Å²) < 4.78 is 13.7. The van der Waals surface area contributed by atoms with E-state index in [2.05, 4.69) is 24.8 Å². The highest BCUT2D eigenvalue weighted by atomic mass is 127. The number of aliphatic imine (C=N–C) groups is 1. The maximum atomic E-state index is 5.89. The topological polar surface area (TPSA) is 63.9 Å². The zero-order valence-electron chi connectivity index (χ0n) is 13.6. The quantitative estimate of drug-likeness (QED) is 0.434. The molecule has 0 saturated carbocycles. The van der Waals surface area contributed by atoms with Crippen LogP contribution in [0.4, 0.5) is 0 Å². The van der Waals surface area contributed by atoms with Crippen LogP contribution in [0.25, 0.3) is 0 Å². The Morgan fingerprint density at radius 3 is 2.91 bits per heavy atom. The molecule has 2 unspecified atom stereocenters. The van der Waals surface area contributed by atoms with E-state index in [4.69, 9.17) is 9.47 Å². The Kier molecular flexibility index (Phi) is 7.57. The normalized spacial score (nSPS) is 25.3. The van der Waals surface area contributed by atoms with Crippen LogP contribution in [0.5, 0.6) is 0 Å². The summed E-state index contributed by atoms with van der Waals surface area (Å²) in [6.07, 6.45) is 8.23. The van der Waals surface area contributed by atoms with Gasteiger partial charge in [0.25, 0.3) is 0 Å². The van der Waals surface area contributed by atoms with Gasteiger partial charge in [0.15, 0.2) is 5.96 Å². The molecule has 0 bridgehead atoms. The van der Waals surface area contributed by atoms with Crippen LogP contribution in [0.3, 0.4) is 0 Å². The molecule has 3 heterocycles. The molecule has 7 nitrogen and oxygen atoms in total. The lowest BCUT2D eigenvalue weighted by Crippen LogP contribution is -2.53. The third-order valence-electron chi connectivity index (χ3n) is 4.20. The van der Waals surface area contributed by atoms with E-state index >= 15 is 0 Å². The van der Waals surface area contributed by atoms with Crippen LogP contribution in [0.2, 0.25) is 0 Å². The summed E-state index contributed by atoms with van der Waals surface area (Å²) >= 11 is 0. The highest BCUT2D eigenvalue weighted by Gasteiger charge is 2.32. The number of nitrogens with one attached hydrogen (secondary N) is 1. The molecule has 3 rings (SSSR count). The van der Waals surface area contributed by atoms with E-state index in [-0.39, 0.29) is 36.2 Å². The summed E-state index contributed by atoms with van der Waals surface area (Å²) in [4.78, 5) is 10.7. The number of ether oxygens (including phenoxy) is 2. The van der Waals surface area contributed by atoms with Crippen molar-refractivity contribution in [2.24, 2.45) is 4.99 Å². The first-order chi connectivity index (χ1) is 10.9. The summed E-state index contributed by atoms with van der Waals surface area (Å²) in [6, 6.07) is 0. The van der Waals surface area contributed by atoms with E-state index < -0.39 is 0 Å². The van der Waals surface area contributed by atoms with Crippen molar-refractivity contribution in [2.45, 2.75) is 31.6 Å². The summed E-state index contributed by atoms with van der Waals surface area (Å²) in [5, 5.41) is 3.42. The molecule has 130 valence electrons. The van der Waals surface area contributed by atoms with E-state index in [1.54, 1.807) is 6.20 Å². The van der Waals surface area contributed by atoms with Crippen molar-refractivity contribution in [1.29, 1.82) is 0 Å². The molecule has 0 aromatic carbocycles. The first-order valence-corrected chi connectivity index (χ1v) is 8.01. The number of guanidine groups is 1. The van der Waals surface area contributed by atoms with Crippen molar-refractivity contribution in [1.82, 2.24) is 19.8 Å². The zero-order valence-corrected chi connectivity index (χ0v) is 15.9. The molecule has 8 heteroatoms. The van der Waals surface area contributed by atoms with Crippen LogP contribution >= 0.6 is 24.0 Å². The molecule has 2 aliphatic rings. The van der Waals surface area contributed by atoms with E-state index in [9.17, 15) is 0 Å². The fourth-order valence-electron chi connectivity index (χ4n) is 3.04. The molecule has 0 spiro atoms. The molecular weight excluding hydrogens is 409 g/mol. The highest BCUT2D eigenvalue weighted by molar-refractivity contribution is 14.0. The van der Waals surface area contributed by atoms with Crippen LogP contribution in [-0.4, -0.2) is 72.5 Å². The number of rotatable bonds is 4. The Labute approximate surface area is 154 Å². The SMILES string of the molecule is CN=C(NCCn1ccnc1)N1CCOC(C2CCCO2)C1.I. The lowest BCUT2D eigenvalue weighted by atomic mass is 10.1. The second-order valence-corrected chi connectivity index (χ2v) is 5.68. The first kappa shape index (κ1) is 18.5. The predicted octanol–water partition coefficient (Wildman–Crippen LogP) is 0.956. The zero-order chi connectivity index (χ0) is 15.2. The second kappa shape index (κ2) is 9.43. The number of hydrogen-bond acceptors (Lipinski definition) is 4. The van der Waals surface area contributed by atoms with Gasteiger partial charge in [-0.1, -0.05) is 0 Å². The first-order valence-electron chi connectivity index (χ1n) is 8.01. The van der Waals surface area contributed by atoms with Gasteiger partial charge in [-0.15, -0.1) is 24.0 Å². The van der Waals surface area contributed by atoms with Crippen LogP contribution in [0.1, 0.15) is 12.8 Å². The number of nitrogens with zero attached hydrogens (tertiary/aromatic N) is 4. The Morgan fingerprint density at radius 1 is 1.35 bits per heavy atom. The average Bonchev–Trinajstić information content (AvgIpc) is 3.25. The van der Waals surface area contributed by atoms with Crippen LogP contribution in [-0.2, 0) is 16.0 Å². The lowest BCUT2D eigenvalue weighted by molar-refractivity contribution is -0.0816. The Morgan fingerprint density at radius 2 is 2.22 bits per heavy atom. The van der Waals surface area contributed by atoms with Crippen molar-refractivity contribution in [3.63, 3.8) is 0 Å². The molecule has 0 amide bonds. The smallest absolute Gasteiger partial charge is 0.193 e. The predicted molar refractivity (Wildman–Crippen MR) is 99.3 cm³/mol. The van der Waals surface area contributed by atoms with Gasteiger partial charge in [-0.25, -0.2) is 4.98 Å². The number of halogens is 1. The summed E-state index contributed by atoms with van der Waals surface area (Å²) in [6.45, 7) is 5.00. The van der Waals surface area contributed by atoms with Crippen molar-refractivity contribution in [2.75, 3.05) is 39.9 Å². The van der Waals surface area contributed by atoms with Gasteiger partial charge < -0.3 is 24.3 Å². The number of hydrogen-bond donors (Lipinski definition) is 1. The molecule has 0 aliphatic carbocycles. The largest absolute Gasteiger partial charge is 0.375 e. The van der Waals surface area contributed by atoms with Crippen molar-refractivity contribution in [3.8, 4) is 0 Å². The standard InChI is InChI=1S/C15H25N5O2.HI/c1-16-15(18-5-7-19-6-4-17-12-19)20-8-10-22-14(11-20)13-3-2-9-21-13;/h4,6,12-14H,2-3,5,7-11H2,1H3,(H,16,18);1H. The van der Waals surface area contributed by atoms with E-state index in [1.807, 2.05) is 19.6 Å². The molecule has 0 radical (unpaired) electrons. The number of imidazole rings is 1. The van der Waals surface area contributed by atoms with Gasteiger partial charge in [0.1, 0.15) is 6.10 Å². The second-order valence-electron chi connectivity index (χ2n) is 5.68. The molecule has 2 fully saturated rings. The van der Waals surface area contributed by atoms with E-state index in [0.29, 0.717) is 0 Å². The molecular formula is C15H26IN5O2. The minimum atomic E-state index is 0. The summed E-state index contributed by atoms with van der Waals surface area (Å²) in [5.74, 6) is 0.936. The fraction of sp³-hybridized carbons (Fsp3) is 0.733. The van der Waals surface area contributed by atoms with Crippen molar-refractivity contribution >= 4 is 29.9 Å². The van der Waals surface area contributed by atoms with Gasteiger partial charge in [-0.2, -0.15) is 0 Å². The van der Waals surface area contributed by atoms with E-state index in [0.717, 1.165) is 58.2 Å². The maximum Gasteiger partial charge on any atom is 0.193 e. The molecule has 2 aliphatic heterocycles. The minimum absolute atomic E-state index is 0. The molecule has 23 heavy (non-hydrogen) atoms. The maximum absolute atomic E-state index is 5.89. The Balaban J connectivity index is 0.00000192. The minimum Gasteiger partial charge on any atom is -0.375 e. The Hall–Kier alpha value is -0.870. The molecule has 2 atom stereocenters. The van der Waals surface area contributed by atoms with Crippen molar-refractivity contribution < 1.29 is 9.47 Å². The van der Waals surface area contributed by atoms with Gasteiger partial charge in [0, 0.05) is 52.2 Å². The number of aromatic nitrogens is 2. The van der Waals surface area contributed by atoms with Gasteiger partial charge >= 0.3 is 0 Å². The molecule has 1 N–H and O–H groups in total. The van der Waals surface area contributed by atoms with Crippen molar-refractivity contribution in [3.05, 3.63) is 18.7 Å². The third-order valence-corrected chi connectivity index (χ3v) is 4.20. The molecule has 1 aromatic rings. The van der Waals surface area contributed by atoms with Crippen LogP contribution < -0.4 is 5.32 Å². The fourth-order valence-corrected chi connectivity index (χ4v) is 3.04. The summed E-state index contributed by atoms with van der Waals surface area (Å²) in [5.41, 5.74) is 0. The monoisotopic (exact) mass is 435 g/mol. The van der Waals surface area contributed by atoms with Gasteiger partial charge in [0.2, 0.25) is 0 Å². The molecule has 1 aromatic heterocycles. The number of morpholine rings is 1. The molecule has 2 saturated heterocycles.